The Bertz CT molecular complexity index is 216. The molecule has 3 heteroatoms. The maximum absolute atomic E-state index is 4.40. The molecule has 0 aromatic rings. The summed E-state index contributed by atoms with van der Waals surface area (Å²) in [4.78, 5) is 6.79. The Balaban J connectivity index is -0.000000267. The fraction of sp³-hybridized carbons (Fsp3) is 0.812. The van der Waals surface area contributed by atoms with Crippen molar-refractivity contribution in [2.75, 3.05) is 33.2 Å². The molecule has 0 aliphatic carbocycles. The first kappa shape index (κ1) is 26.8. The van der Waals surface area contributed by atoms with Crippen molar-refractivity contribution in [1.29, 1.82) is 0 Å². The van der Waals surface area contributed by atoms with Gasteiger partial charge < -0.3 is 5.32 Å². The van der Waals surface area contributed by atoms with E-state index in [9.17, 15) is 0 Å². The van der Waals surface area contributed by atoms with Crippen LogP contribution in [0.2, 0.25) is 0 Å². The van der Waals surface area contributed by atoms with E-state index in [0.717, 1.165) is 37.6 Å². The molecule has 19 heavy (non-hydrogen) atoms. The second-order valence-corrected chi connectivity index (χ2v) is 3.90. The number of rotatable bonds is 7. The largest absolute Gasteiger partial charge is 0.318 e. The molecule has 0 saturated heterocycles. The molecule has 0 heterocycles. The van der Waals surface area contributed by atoms with Crippen molar-refractivity contribution in [1.82, 2.24) is 10.2 Å². The highest BCUT2D eigenvalue weighted by molar-refractivity contribution is 5.80. The summed E-state index contributed by atoms with van der Waals surface area (Å²) in [5.74, 6) is 0. The number of aliphatic imine (C=N–C) groups is 1. The number of allylic oxidation sites excluding steroid dienone is 1. The minimum atomic E-state index is 0. The lowest BCUT2D eigenvalue weighted by molar-refractivity contribution is 0.320. The zero-order chi connectivity index (χ0) is 13.7. The summed E-state index contributed by atoms with van der Waals surface area (Å²) >= 11 is 0. The lowest BCUT2D eigenvalue weighted by Gasteiger charge is -2.18. The maximum atomic E-state index is 4.40. The molecule has 0 aromatic heterocycles. The van der Waals surface area contributed by atoms with E-state index in [2.05, 4.69) is 35.1 Å². The van der Waals surface area contributed by atoms with E-state index in [-0.39, 0.29) is 14.9 Å². The van der Waals surface area contributed by atoms with Crippen LogP contribution in [0.25, 0.3) is 0 Å². The summed E-state index contributed by atoms with van der Waals surface area (Å²) in [7, 11) is 1.99. The lowest BCUT2D eigenvalue weighted by Crippen LogP contribution is -2.30. The highest BCUT2D eigenvalue weighted by atomic mass is 15.1. The van der Waals surface area contributed by atoms with Crippen molar-refractivity contribution in [2.45, 2.75) is 56.4 Å². The molecule has 0 radical (unpaired) electrons. The average Bonchev–Trinajstić information content (AvgIpc) is 2.31. The van der Waals surface area contributed by atoms with Gasteiger partial charge in [0.05, 0.1) is 0 Å². The second-order valence-electron chi connectivity index (χ2n) is 3.90. The summed E-state index contributed by atoms with van der Waals surface area (Å²) in [5.41, 5.74) is 2.22. The highest BCUT2D eigenvalue weighted by Gasteiger charge is 1.98. The Morgan fingerprint density at radius 2 is 1.68 bits per heavy atom. The molecule has 118 valence electrons. The van der Waals surface area contributed by atoms with Gasteiger partial charge in [-0.2, -0.15) is 0 Å². The third-order valence-corrected chi connectivity index (χ3v) is 2.17. The van der Waals surface area contributed by atoms with Crippen molar-refractivity contribution >= 4 is 5.71 Å². The molecule has 0 aromatic carbocycles. The van der Waals surface area contributed by atoms with E-state index >= 15 is 0 Å². The molecule has 0 unspecified atom stereocenters. The van der Waals surface area contributed by atoms with Crippen LogP contribution in [0.15, 0.2) is 16.8 Å². The minimum absolute atomic E-state index is 0. The summed E-state index contributed by atoms with van der Waals surface area (Å²) in [6.07, 6.45) is 2.19. The van der Waals surface area contributed by atoms with E-state index < -0.39 is 0 Å². The standard InChI is InChI=1S/C12H25N3.C2H6.2CH4/c1-6-15(10-8-13-5)9-7-12(4)14-11(2)3;1-2;;/h7,13H,6,8-10H2,1-5H3;1-2H3;2*1H4/b12-7-;;;. The lowest BCUT2D eigenvalue weighted by atomic mass is 10.3. The van der Waals surface area contributed by atoms with Crippen LogP contribution in [-0.4, -0.2) is 43.8 Å². The zero-order valence-corrected chi connectivity index (χ0v) is 12.8. The SMILES string of the molecule is C.C.CC.CCN(C/C=C(/C)N=C(C)C)CCNC. The molecule has 0 bridgehead atoms. The smallest absolute Gasteiger partial charge is 0.0344 e. The number of nitrogens with zero attached hydrogens (tertiary/aromatic N) is 2. The molecule has 0 amide bonds. The number of likely N-dealkylation sites (N-methyl/N-ethyl adjacent to an activating group) is 2. The van der Waals surface area contributed by atoms with Gasteiger partial charge in [-0.1, -0.05) is 35.6 Å². The third kappa shape index (κ3) is 19.8. The Labute approximate surface area is 123 Å². The van der Waals surface area contributed by atoms with Gasteiger partial charge in [-0.05, 0) is 40.4 Å². The molecule has 0 saturated carbocycles. The molecule has 1 N–H and O–H groups in total. The monoisotopic (exact) mass is 273 g/mol. The van der Waals surface area contributed by atoms with Crippen LogP contribution in [0.1, 0.15) is 56.4 Å². The van der Waals surface area contributed by atoms with Gasteiger partial charge in [0, 0.05) is 31.0 Å². The van der Waals surface area contributed by atoms with E-state index in [1.165, 1.54) is 0 Å². The molecule has 0 atom stereocenters. The van der Waals surface area contributed by atoms with Crippen LogP contribution in [0.4, 0.5) is 0 Å². The molecule has 3 nitrogen and oxygen atoms in total. The predicted octanol–water partition coefficient (Wildman–Crippen LogP) is 4.21. The summed E-state index contributed by atoms with van der Waals surface area (Å²) in [6, 6.07) is 0. The van der Waals surface area contributed by atoms with Crippen LogP contribution < -0.4 is 5.32 Å². The molecular weight excluding hydrogens is 234 g/mol. The summed E-state index contributed by atoms with van der Waals surface area (Å²) in [6.45, 7) is 16.5. The van der Waals surface area contributed by atoms with Gasteiger partial charge in [0.1, 0.15) is 0 Å². The fourth-order valence-corrected chi connectivity index (χ4v) is 1.31. The number of nitrogens with one attached hydrogen (secondary N) is 1. The Morgan fingerprint density at radius 1 is 1.16 bits per heavy atom. The van der Waals surface area contributed by atoms with Gasteiger partial charge in [0.2, 0.25) is 0 Å². The van der Waals surface area contributed by atoms with Crippen molar-refractivity contribution in [3.05, 3.63) is 11.8 Å². The van der Waals surface area contributed by atoms with E-state index in [0.29, 0.717) is 0 Å². The van der Waals surface area contributed by atoms with Crippen molar-refractivity contribution < 1.29 is 0 Å². The number of hydrogen-bond donors (Lipinski definition) is 1. The van der Waals surface area contributed by atoms with Gasteiger partial charge in [-0.15, -0.1) is 0 Å². The van der Waals surface area contributed by atoms with Crippen LogP contribution in [0.3, 0.4) is 0 Å². The Morgan fingerprint density at radius 3 is 2.05 bits per heavy atom. The molecule has 0 rings (SSSR count). The Kier molecular flexibility index (Phi) is 27.7. The molecule has 0 fully saturated rings. The average molecular weight is 274 g/mol. The topological polar surface area (TPSA) is 27.6 Å². The normalized spacial score (nSPS) is 9.79. The van der Waals surface area contributed by atoms with E-state index in [1.54, 1.807) is 0 Å². The maximum Gasteiger partial charge on any atom is 0.0344 e. The van der Waals surface area contributed by atoms with Crippen LogP contribution in [0.5, 0.6) is 0 Å². The van der Waals surface area contributed by atoms with Crippen LogP contribution in [0, 0.1) is 0 Å². The molecule has 0 spiro atoms. The van der Waals surface area contributed by atoms with Gasteiger partial charge in [-0.3, -0.25) is 9.89 Å². The van der Waals surface area contributed by atoms with Gasteiger partial charge >= 0.3 is 0 Å². The molecular formula is C16H39N3. The van der Waals surface area contributed by atoms with Crippen LogP contribution in [-0.2, 0) is 0 Å². The first-order valence-corrected chi connectivity index (χ1v) is 6.65. The third-order valence-electron chi connectivity index (χ3n) is 2.17. The molecule has 0 aliphatic heterocycles. The zero-order valence-electron chi connectivity index (χ0n) is 12.8. The van der Waals surface area contributed by atoms with E-state index in [1.807, 2.05) is 34.7 Å². The fourth-order valence-electron chi connectivity index (χ4n) is 1.31. The van der Waals surface area contributed by atoms with Crippen molar-refractivity contribution in [3.63, 3.8) is 0 Å². The highest BCUT2D eigenvalue weighted by Crippen LogP contribution is 1.97. The van der Waals surface area contributed by atoms with E-state index in [4.69, 9.17) is 0 Å². The Hall–Kier alpha value is -0.670. The quantitative estimate of drug-likeness (QED) is 0.704. The first-order chi connectivity index (χ1) is 8.10. The summed E-state index contributed by atoms with van der Waals surface area (Å²) in [5, 5.41) is 3.16. The first-order valence-electron chi connectivity index (χ1n) is 6.65. The minimum Gasteiger partial charge on any atom is -0.318 e. The predicted molar refractivity (Wildman–Crippen MR) is 93.4 cm³/mol. The van der Waals surface area contributed by atoms with Crippen LogP contribution >= 0.6 is 0 Å². The van der Waals surface area contributed by atoms with Gasteiger partial charge in [0.25, 0.3) is 0 Å². The second kappa shape index (κ2) is 19.7. The van der Waals surface area contributed by atoms with Gasteiger partial charge in [0.15, 0.2) is 0 Å². The number of hydrogen-bond acceptors (Lipinski definition) is 3. The van der Waals surface area contributed by atoms with Crippen molar-refractivity contribution in [3.8, 4) is 0 Å². The van der Waals surface area contributed by atoms with Gasteiger partial charge in [-0.25, -0.2) is 0 Å². The molecule has 0 aliphatic rings. The van der Waals surface area contributed by atoms with Crippen molar-refractivity contribution in [2.24, 2.45) is 4.99 Å². The summed E-state index contributed by atoms with van der Waals surface area (Å²) < 4.78 is 0.